The zero-order valence-electron chi connectivity index (χ0n) is 7.64. The molecule has 0 fully saturated rings. The second kappa shape index (κ2) is 5.78. The highest BCUT2D eigenvalue weighted by Gasteiger charge is 1.88. The average Bonchev–Trinajstić information content (AvgIpc) is 2.14. The first-order valence-corrected chi connectivity index (χ1v) is 4.59. The minimum absolute atomic E-state index is 0.981. The van der Waals surface area contributed by atoms with E-state index in [0.717, 1.165) is 13.1 Å². The zero-order chi connectivity index (χ0) is 8.65. The predicted molar refractivity (Wildman–Crippen MR) is 51.9 cm³/mol. The molecule has 0 aliphatic rings. The minimum Gasteiger partial charge on any atom is -0.313 e. The van der Waals surface area contributed by atoms with Crippen LogP contribution in [0.2, 0.25) is 0 Å². The summed E-state index contributed by atoms with van der Waals surface area (Å²) in [6.45, 7) is 4.31. The van der Waals surface area contributed by atoms with Crippen molar-refractivity contribution in [3.05, 3.63) is 35.9 Å². The van der Waals surface area contributed by atoms with Crippen molar-refractivity contribution in [1.82, 2.24) is 5.32 Å². The maximum Gasteiger partial charge on any atom is 0.0205 e. The lowest BCUT2D eigenvalue weighted by Crippen LogP contribution is -2.14. The standard InChI is InChI=1S/C11H16N/c1-2-3-9-12-10-11-7-5-4-6-8-11/h5-8,12H,2-3,9-10H2,1H3. The Kier molecular flexibility index (Phi) is 4.47. The molecule has 0 amide bonds. The molecular weight excluding hydrogens is 146 g/mol. The third-order valence-electron chi connectivity index (χ3n) is 1.82. The first kappa shape index (κ1) is 9.27. The molecule has 1 N–H and O–H groups in total. The molecule has 0 heterocycles. The van der Waals surface area contributed by atoms with Crippen molar-refractivity contribution < 1.29 is 0 Å². The Morgan fingerprint density at radius 2 is 2.08 bits per heavy atom. The van der Waals surface area contributed by atoms with E-state index < -0.39 is 0 Å². The Morgan fingerprint density at radius 1 is 1.33 bits per heavy atom. The van der Waals surface area contributed by atoms with Gasteiger partial charge in [0, 0.05) is 6.54 Å². The quantitative estimate of drug-likeness (QED) is 0.655. The highest BCUT2D eigenvalue weighted by atomic mass is 14.8. The van der Waals surface area contributed by atoms with E-state index in [0.29, 0.717) is 0 Å². The van der Waals surface area contributed by atoms with Gasteiger partial charge in [0.25, 0.3) is 0 Å². The van der Waals surface area contributed by atoms with Gasteiger partial charge in [0.05, 0.1) is 0 Å². The fourth-order valence-electron chi connectivity index (χ4n) is 1.07. The van der Waals surface area contributed by atoms with Crippen LogP contribution in [0.25, 0.3) is 0 Å². The van der Waals surface area contributed by atoms with Gasteiger partial charge in [-0.15, -0.1) is 0 Å². The number of hydrogen-bond acceptors (Lipinski definition) is 1. The second-order valence-corrected chi connectivity index (χ2v) is 2.94. The van der Waals surface area contributed by atoms with Crippen molar-refractivity contribution in [2.24, 2.45) is 0 Å². The van der Waals surface area contributed by atoms with Crippen LogP contribution in [0.4, 0.5) is 0 Å². The Balaban J connectivity index is 2.16. The number of hydrogen-bond donors (Lipinski definition) is 1. The molecule has 1 aromatic carbocycles. The lowest BCUT2D eigenvalue weighted by atomic mass is 10.2. The molecule has 1 aromatic rings. The maximum absolute atomic E-state index is 3.39. The lowest BCUT2D eigenvalue weighted by Gasteiger charge is -2.02. The summed E-state index contributed by atoms with van der Waals surface area (Å²) in [7, 11) is 0. The van der Waals surface area contributed by atoms with Crippen LogP contribution >= 0.6 is 0 Å². The van der Waals surface area contributed by atoms with E-state index in [2.05, 4.69) is 30.4 Å². The zero-order valence-corrected chi connectivity index (χ0v) is 7.64. The fraction of sp³-hybridized carbons (Fsp3) is 0.455. The molecule has 1 heteroatoms. The first-order valence-electron chi connectivity index (χ1n) is 4.59. The molecule has 0 saturated carbocycles. The first-order chi connectivity index (χ1) is 5.93. The van der Waals surface area contributed by atoms with E-state index in [4.69, 9.17) is 0 Å². The monoisotopic (exact) mass is 162 g/mol. The maximum atomic E-state index is 3.39. The van der Waals surface area contributed by atoms with Crippen molar-refractivity contribution in [3.63, 3.8) is 0 Å². The van der Waals surface area contributed by atoms with E-state index in [1.807, 2.05) is 12.1 Å². The smallest absolute Gasteiger partial charge is 0.0205 e. The van der Waals surface area contributed by atoms with E-state index in [-0.39, 0.29) is 0 Å². The van der Waals surface area contributed by atoms with Crippen LogP contribution in [0.5, 0.6) is 0 Å². The number of unbranched alkanes of at least 4 members (excludes halogenated alkanes) is 1. The van der Waals surface area contributed by atoms with Crippen LogP contribution in [-0.4, -0.2) is 6.54 Å². The van der Waals surface area contributed by atoms with Gasteiger partial charge in [-0.2, -0.15) is 0 Å². The molecule has 0 aliphatic heterocycles. The molecule has 1 radical (unpaired) electrons. The third kappa shape index (κ3) is 3.54. The molecular formula is C11H16N. The Hall–Kier alpha value is -0.820. The highest BCUT2D eigenvalue weighted by Crippen LogP contribution is 1.96. The summed E-state index contributed by atoms with van der Waals surface area (Å²) in [6.07, 6.45) is 2.52. The topological polar surface area (TPSA) is 12.0 Å². The van der Waals surface area contributed by atoms with Gasteiger partial charge >= 0.3 is 0 Å². The third-order valence-corrected chi connectivity index (χ3v) is 1.82. The molecule has 0 bridgehead atoms. The summed E-state index contributed by atoms with van der Waals surface area (Å²) in [5, 5.41) is 3.39. The number of nitrogens with one attached hydrogen (secondary N) is 1. The van der Waals surface area contributed by atoms with Crippen molar-refractivity contribution in [1.29, 1.82) is 0 Å². The fourth-order valence-corrected chi connectivity index (χ4v) is 1.07. The summed E-state index contributed by atoms with van der Waals surface area (Å²) in [5.41, 5.74) is 1.34. The molecule has 0 spiro atoms. The molecule has 0 saturated heterocycles. The van der Waals surface area contributed by atoms with Crippen molar-refractivity contribution in [3.8, 4) is 0 Å². The summed E-state index contributed by atoms with van der Waals surface area (Å²) in [4.78, 5) is 0. The van der Waals surface area contributed by atoms with Gasteiger partial charge in [0.15, 0.2) is 0 Å². The van der Waals surface area contributed by atoms with E-state index in [1.165, 1.54) is 18.4 Å². The molecule has 0 unspecified atom stereocenters. The molecule has 65 valence electrons. The Morgan fingerprint density at radius 3 is 2.75 bits per heavy atom. The summed E-state index contributed by atoms with van der Waals surface area (Å²) >= 11 is 0. The highest BCUT2D eigenvalue weighted by molar-refractivity contribution is 5.13. The molecule has 1 nitrogen and oxygen atoms in total. The van der Waals surface area contributed by atoms with Gasteiger partial charge in [-0.1, -0.05) is 37.6 Å². The van der Waals surface area contributed by atoms with E-state index in [9.17, 15) is 0 Å². The summed E-state index contributed by atoms with van der Waals surface area (Å²) < 4.78 is 0. The largest absolute Gasteiger partial charge is 0.313 e. The summed E-state index contributed by atoms with van der Waals surface area (Å²) in [5.74, 6) is 0. The van der Waals surface area contributed by atoms with Crippen LogP contribution < -0.4 is 5.32 Å². The van der Waals surface area contributed by atoms with Crippen molar-refractivity contribution in [2.45, 2.75) is 26.3 Å². The van der Waals surface area contributed by atoms with Crippen LogP contribution in [0.1, 0.15) is 25.3 Å². The molecule has 0 aromatic heterocycles. The van der Waals surface area contributed by atoms with Gasteiger partial charge in [-0.3, -0.25) is 0 Å². The molecule has 1 rings (SSSR count). The van der Waals surface area contributed by atoms with Gasteiger partial charge in [-0.05, 0) is 24.6 Å². The molecule has 0 aliphatic carbocycles. The van der Waals surface area contributed by atoms with Gasteiger partial charge < -0.3 is 5.32 Å². The Bertz CT molecular complexity index is 193. The predicted octanol–water partition coefficient (Wildman–Crippen LogP) is 2.38. The Labute approximate surface area is 74.8 Å². The van der Waals surface area contributed by atoms with Crippen LogP contribution in [0, 0.1) is 6.07 Å². The van der Waals surface area contributed by atoms with Crippen molar-refractivity contribution in [2.75, 3.05) is 6.54 Å². The average molecular weight is 162 g/mol. The lowest BCUT2D eigenvalue weighted by molar-refractivity contribution is 0.641. The SMILES string of the molecule is CCCCNCc1cc[c]cc1. The molecule has 0 atom stereocenters. The van der Waals surface area contributed by atoms with Crippen LogP contribution in [-0.2, 0) is 6.54 Å². The van der Waals surface area contributed by atoms with E-state index >= 15 is 0 Å². The van der Waals surface area contributed by atoms with E-state index in [1.54, 1.807) is 0 Å². The van der Waals surface area contributed by atoms with Crippen LogP contribution in [0.3, 0.4) is 0 Å². The summed E-state index contributed by atoms with van der Waals surface area (Å²) in [6, 6.07) is 11.1. The van der Waals surface area contributed by atoms with Crippen molar-refractivity contribution >= 4 is 0 Å². The number of benzene rings is 1. The normalized spacial score (nSPS) is 10.1. The van der Waals surface area contributed by atoms with Crippen LogP contribution in [0.15, 0.2) is 24.3 Å². The van der Waals surface area contributed by atoms with Gasteiger partial charge in [0.2, 0.25) is 0 Å². The molecule has 12 heavy (non-hydrogen) atoms. The number of rotatable bonds is 5. The van der Waals surface area contributed by atoms with Gasteiger partial charge in [-0.25, -0.2) is 0 Å². The van der Waals surface area contributed by atoms with Gasteiger partial charge in [0.1, 0.15) is 0 Å². The minimum atomic E-state index is 0.981. The second-order valence-electron chi connectivity index (χ2n) is 2.94.